The second kappa shape index (κ2) is 17.9. The number of unbranched alkanes of at least 4 members (excludes halogenated alkanes) is 3. The molecule has 24 nitrogen and oxygen atoms in total. The first-order valence-corrected chi connectivity index (χ1v) is 21.6. The molecule has 2 heterocycles. The number of hydrogen-bond donors (Lipinski definition) is 8. The monoisotopic (exact) mass is 818 g/mol. The Morgan fingerprint density at radius 2 is 1.42 bits per heavy atom. The van der Waals surface area contributed by atoms with Gasteiger partial charge in [0.05, 0.1) is 25.2 Å². The standard InChI is InChI=1S/C21H35N4O20P5/c22-18-9-11-25(21(28)24-18)19-13-16(26)17(41-19)14-40-47(31,32)43-49(35,36)45-50(37,38)44-48(33,34)42-46(29,30)39-12-6-2-1-5-10-23-20(27)15-7-3-4-8-15/h3-4,7-9,11,15-17,19,26H,1-2,5-6,10,12-14H2,(H,23,27)(H,29,30)(H,31,32)(H,33,34)(H,35,36)(H,37,38)(H2,22,24,28)/t16-,17+,19+/m0/s1. The largest absolute Gasteiger partial charge is 0.490 e. The molecule has 1 aliphatic carbocycles. The van der Waals surface area contributed by atoms with E-state index < -0.39 is 76.5 Å². The molecule has 2 aliphatic rings. The number of nitrogen functional groups attached to an aromatic ring is 1. The Bertz CT molecular complexity index is 1710. The number of anilines is 1. The van der Waals surface area contributed by atoms with Gasteiger partial charge < -0.3 is 45.4 Å². The number of rotatable bonds is 21. The topological polar surface area (TPSA) is 361 Å². The molecule has 0 radical (unpaired) electrons. The smallest absolute Gasteiger partial charge is 0.390 e. The molecule has 1 aromatic rings. The van der Waals surface area contributed by atoms with E-state index in [4.69, 9.17) is 10.5 Å². The van der Waals surface area contributed by atoms with E-state index in [0.29, 0.717) is 25.8 Å². The van der Waals surface area contributed by atoms with Crippen molar-refractivity contribution < 1.29 is 88.2 Å². The van der Waals surface area contributed by atoms with Gasteiger partial charge in [0.15, 0.2) is 0 Å². The van der Waals surface area contributed by atoms with Crippen molar-refractivity contribution in [2.45, 2.75) is 50.5 Å². The number of nitrogens with zero attached hydrogens (tertiary/aromatic N) is 2. The molecule has 0 aromatic carbocycles. The van der Waals surface area contributed by atoms with E-state index in [9.17, 15) is 62.0 Å². The van der Waals surface area contributed by atoms with Crippen LogP contribution in [-0.4, -0.2) is 77.0 Å². The molecule has 8 atom stereocenters. The molecule has 9 N–H and O–H groups in total. The van der Waals surface area contributed by atoms with Crippen molar-refractivity contribution in [1.82, 2.24) is 14.9 Å². The molecule has 3 rings (SSSR count). The fourth-order valence-electron chi connectivity index (χ4n) is 4.16. The van der Waals surface area contributed by atoms with Crippen LogP contribution in [0.25, 0.3) is 0 Å². The number of nitrogens with one attached hydrogen (secondary N) is 1. The first-order valence-electron chi connectivity index (χ1n) is 14.2. The van der Waals surface area contributed by atoms with Gasteiger partial charge in [-0.2, -0.15) is 22.2 Å². The highest BCUT2D eigenvalue weighted by Gasteiger charge is 2.48. The van der Waals surface area contributed by atoms with Crippen molar-refractivity contribution in [3.63, 3.8) is 0 Å². The van der Waals surface area contributed by atoms with Gasteiger partial charge in [-0.1, -0.05) is 37.1 Å². The van der Waals surface area contributed by atoms with Crippen LogP contribution in [-0.2, 0) is 58.6 Å². The summed E-state index contributed by atoms with van der Waals surface area (Å²) in [6.45, 7) is -1.15. The van der Waals surface area contributed by atoms with Crippen molar-refractivity contribution in [2.75, 3.05) is 25.5 Å². The molecule has 284 valence electrons. The lowest BCUT2D eigenvalue weighted by Crippen LogP contribution is -2.29. The van der Waals surface area contributed by atoms with Gasteiger partial charge in [-0.05, 0) is 18.9 Å². The minimum atomic E-state index is -6.27. The van der Waals surface area contributed by atoms with Crippen LogP contribution in [0.4, 0.5) is 5.82 Å². The quantitative estimate of drug-likeness (QED) is 0.0643. The highest BCUT2D eigenvalue weighted by molar-refractivity contribution is 7.71. The van der Waals surface area contributed by atoms with Gasteiger partial charge in [-0.25, -0.2) is 27.6 Å². The number of phosphoric acid groups is 5. The number of hydrogen-bond acceptors (Lipinski definition) is 17. The van der Waals surface area contributed by atoms with Gasteiger partial charge in [0, 0.05) is 19.2 Å². The molecule has 1 aromatic heterocycles. The van der Waals surface area contributed by atoms with Crippen LogP contribution in [0.2, 0.25) is 0 Å². The van der Waals surface area contributed by atoms with Crippen LogP contribution in [0.15, 0.2) is 41.4 Å². The first-order chi connectivity index (χ1) is 23.1. The van der Waals surface area contributed by atoms with Crippen LogP contribution >= 0.6 is 39.1 Å². The number of phosphoric ester groups is 2. The molecule has 1 saturated heterocycles. The Kier molecular flexibility index (Phi) is 15.2. The van der Waals surface area contributed by atoms with Gasteiger partial charge in [0.25, 0.3) is 0 Å². The second-order valence-electron chi connectivity index (χ2n) is 10.3. The zero-order chi connectivity index (χ0) is 37.4. The van der Waals surface area contributed by atoms with Crippen molar-refractivity contribution in [1.29, 1.82) is 0 Å². The van der Waals surface area contributed by atoms with Gasteiger partial charge >= 0.3 is 44.8 Å². The van der Waals surface area contributed by atoms with Crippen molar-refractivity contribution in [3.8, 4) is 0 Å². The Morgan fingerprint density at radius 3 is 2.00 bits per heavy atom. The van der Waals surface area contributed by atoms with E-state index >= 15 is 0 Å². The molecule has 0 spiro atoms. The predicted molar refractivity (Wildman–Crippen MR) is 166 cm³/mol. The maximum atomic E-state index is 12.2. The molecular weight excluding hydrogens is 783 g/mol. The summed E-state index contributed by atoms with van der Waals surface area (Å²) in [6, 6.07) is 1.25. The first kappa shape index (κ1) is 42.7. The minimum Gasteiger partial charge on any atom is -0.390 e. The molecular formula is C21H35N4O20P5. The summed E-state index contributed by atoms with van der Waals surface area (Å²) in [4.78, 5) is 75.8. The summed E-state index contributed by atoms with van der Waals surface area (Å²) in [5, 5.41) is 12.9. The summed E-state index contributed by atoms with van der Waals surface area (Å²) in [5.41, 5.74) is 4.55. The molecule has 1 amide bonds. The maximum Gasteiger partial charge on any atom is 0.490 e. The third-order valence-corrected chi connectivity index (χ3v) is 13.9. The van der Waals surface area contributed by atoms with Gasteiger partial charge in [-0.3, -0.25) is 18.4 Å². The Balaban J connectivity index is 1.39. The predicted octanol–water partition coefficient (Wildman–Crippen LogP) is 1.49. The lowest BCUT2D eigenvalue weighted by atomic mass is 10.1. The van der Waals surface area contributed by atoms with E-state index in [1.807, 2.05) is 0 Å². The van der Waals surface area contributed by atoms with E-state index in [-0.39, 0.29) is 30.5 Å². The van der Waals surface area contributed by atoms with E-state index in [2.05, 4.69) is 36.6 Å². The summed E-state index contributed by atoms with van der Waals surface area (Å²) in [5.74, 6) is -0.596. The SMILES string of the molecule is Nc1ccn([C@H]2C[C@H](O)[C@@H](COP(=O)(O)OP(=O)(O)OP(=O)(O)OP(=O)(O)OP(=O)(O)OCCCCCCNC(=O)C3C=CC=C3)O2)c(=O)n1. The minimum absolute atomic E-state index is 0.0996. The Labute approximate surface area is 282 Å². The molecule has 1 fully saturated rings. The maximum absolute atomic E-state index is 12.2. The molecule has 0 bridgehead atoms. The van der Waals surface area contributed by atoms with E-state index in [0.717, 1.165) is 4.57 Å². The number of carbonyl (C=O) groups is 1. The number of carbonyl (C=O) groups excluding carboxylic acids is 1. The van der Waals surface area contributed by atoms with Crippen molar-refractivity contribution in [3.05, 3.63) is 47.1 Å². The van der Waals surface area contributed by atoms with Gasteiger partial charge in [-0.15, -0.1) is 0 Å². The van der Waals surface area contributed by atoms with Crippen LogP contribution < -0.4 is 16.7 Å². The second-order valence-corrected chi connectivity index (χ2v) is 18.1. The number of nitrogens with two attached hydrogens (primary N) is 1. The van der Waals surface area contributed by atoms with Gasteiger partial charge in [0.2, 0.25) is 5.91 Å². The lowest BCUT2D eigenvalue weighted by molar-refractivity contribution is -0.122. The van der Waals surface area contributed by atoms with E-state index in [1.165, 1.54) is 12.3 Å². The number of aliphatic hydroxyl groups is 1. The normalized spacial score (nSPS) is 25.3. The highest BCUT2D eigenvalue weighted by atomic mass is 31.3. The van der Waals surface area contributed by atoms with Crippen LogP contribution in [0.3, 0.4) is 0 Å². The van der Waals surface area contributed by atoms with Gasteiger partial charge in [0.1, 0.15) is 18.1 Å². The number of ether oxygens (including phenoxy) is 1. The molecule has 1 aliphatic heterocycles. The van der Waals surface area contributed by atoms with E-state index in [1.54, 1.807) is 24.3 Å². The summed E-state index contributed by atoms with van der Waals surface area (Å²) in [7, 11) is -29.7. The fourth-order valence-corrected chi connectivity index (χ4v) is 10.6. The molecule has 0 saturated carbocycles. The number of aliphatic hydroxyl groups excluding tert-OH is 1. The summed E-state index contributed by atoms with van der Waals surface area (Å²) >= 11 is 0. The average molecular weight is 818 g/mol. The molecule has 50 heavy (non-hydrogen) atoms. The zero-order valence-corrected chi connectivity index (χ0v) is 30.0. The van der Waals surface area contributed by atoms with Crippen molar-refractivity contribution in [2.24, 2.45) is 5.92 Å². The fraction of sp³-hybridized carbons (Fsp3) is 0.571. The number of amides is 1. The van der Waals surface area contributed by atoms with Crippen LogP contribution in [0.1, 0.15) is 38.3 Å². The third-order valence-electron chi connectivity index (χ3n) is 6.27. The number of allylic oxidation sites excluding steroid dienone is 2. The molecule has 5 unspecified atom stereocenters. The molecule has 29 heteroatoms. The summed E-state index contributed by atoms with van der Waals surface area (Å²) in [6.07, 6.45) is 5.61. The van der Waals surface area contributed by atoms with Crippen molar-refractivity contribution >= 4 is 50.8 Å². The third kappa shape index (κ3) is 14.7. The Morgan fingerprint density at radius 1 is 0.880 bits per heavy atom. The number of aromatic nitrogens is 2. The Hall–Kier alpha value is -1.74. The highest BCUT2D eigenvalue weighted by Crippen LogP contribution is 2.73. The lowest BCUT2D eigenvalue weighted by Gasteiger charge is -2.21. The van der Waals surface area contributed by atoms with Crippen LogP contribution in [0, 0.1) is 5.92 Å². The average Bonchev–Trinajstić information content (AvgIpc) is 3.61. The zero-order valence-electron chi connectivity index (χ0n) is 25.5. The summed E-state index contributed by atoms with van der Waals surface area (Å²) < 4.78 is 90.8. The van der Waals surface area contributed by atoms with Crippen LogP contribution in [0.5, 0.6) is 0 Å².